The lowest BCUT2D eigenvalue weighted by Gasteiger charge is -2.31. The van der Waals surface area contributed by atoms with Crippen LogP contribution in [0.3, 0.4) is 0 Å². The first-order valence-electron chi connectivity index (χ1n) is 18.4. The molecular formula is C40H60BrN11. The number of imidazole rings is 1. The third-order valence-corrected chi connectivity index (χ3v) is 10.9. The minimum absolute atomic E-state index is 0.189. The van der Waals surface area contributed by atoms with Crippen LogP contribution in [0.4, 0.5) is 5.82 Å². The molecule has 0 spiro atoms. The Morgan fingerprint density at radius 3 is 1.73 bits per heavy atom. The summed E-state index contributed by atoms with van der Waals surface area (Å²) in [6, 6.07) is 0. The molecule has 0 saturated carbocycles. The molecule has 0 aliphatic heterocycles. The Balaban J connectivity index is 1.45. The summed E-state index contributed by atoms with van der Waals surface area (Å²) in [6.07, 6.45) is 6.42. The molecule has 0 unspecified atom stereocenters. The summed E-state index contributed by atoms with van der Waals surface area (Å²) in [5, 5.41) is 5.08. The van der Waals surface area contributed by atoms with Crippen LogP contribution < -0.4 is 5.73 Å². The highest BCUT2D eigenvalue weighted by Crippen LogP contribution is 2.40. The van der Waals surface area contributed by atoms with Crippen LogP contribution in [0, 0.1) is 0 Å². The average molecular weight is 775 g/mol. The number of aromatic nitrogens is 10. The fourth-order valence-electron chi connectivity index (χ4n) is 6.33. The van der Waals surface area contributed by atoms with Crippen molar-refractivity contribution < 1.29 is 0 Å². The van der Waals surface area contributed by atoms with Gasteiger partial charge >= 0.3 is 0 Å². The van der Waals surface area contributed by atoms with Crippen LogP contribution in [0.15, 0.2) is 17.0 Å². The van der Waals surface area contributed by atoms with Gasteiger partial charge in [0.15, 0.2) is 5.65 Å². The summed E-state index contributed by atoms with van der Waals surface area (Å²) in [4.78, 5) is 34.9. The summed E-state index contributed by atoms with van der Waals surface area (Å²) in [5.41, 5.74) is 11.1. The zero-order chi connectivity index (χ0) is 39.0. The van der Waals surface area contributed by atoms with Crippen molar-refractivity contribution in [3.05, 3.63) is 51.6 Å². The Morgan fingerprint density at radius 2 is 1.13 bits per heavy atom. The number of halogens is 1. The number of nitrogens with zero attached hydrogens (tertiary/aromatic N) is 10. The second kappa shape index (κ2) is 13.1. The monoisotopic (exact) mass is 773 g/mol. The Bertz CT molecular complexity index is 2120. The number of rotatable bonds is 9. The summed E-state index contributed by atoms with van der Waals surface area (Å²) in [5.74, 6) is 2.87. The van der Waals surface area contributed by atoms with Gasteiger partial charge in [-0.2, -0.15) is 5.10 Å². The Hall–Kier alpha value is -3.54. The van der Waals surface area contributed by atoms with E-state index in [2.05, 4.69) is 131 Å². The molecular weight excluding hydrogens is 714 g/mol. The molecule has 5 aromatic rings. The fourth-order valence-corrected chi connectivity index (χ4v) is 7.04. The largest absolute Gasteiger partial charge is 0.383 e. The molecule has 0 amide bonds. The maximum atomic E-state index is 6.36. The SMILES string of the molecule is Cn1cnc2c(C(C)(C)CCC(C)(C)c3nc(C(C)(C)C)c4nn(CCC(C)(C)c5nc(C(C)(C)C)nc(N)c5Br)cc4n3)nc(C(C)(C)C)nc21. The van der Waals surface area contributed by atoms with Crippen LogP contribution in [-0.2, 0) is 46.1 Å². The van der Waals surface area contributed by atoms with Crippen LogP contribution in [0.5, 0.6) is 0 Å². The van der Waals surface area contributed by atoms with Crippen molar-refractivity contribution in [2.75, 3.05) is 5.73 Å². The molecule has 0 atom stereocenters. The highest BCUT2D eigenvalue weighted by molar-refractivity contribution is 9.10. The summed E-state index contributed by atoms with van der Waals surface area (Å²) in [7, 11) is 1.99. The van der Waals surface area contributed by atoms with Gasteiger partial charge in [-0.05, 0) is 35.2 Å². The van der Waals surface area contributed by atoms with Crippen molar-refractivity contribution in [1.82, 2.24) is 49.2 Å². The number of fused-ring (bicyclic) bond motifs is 2. The lowest BCUT2D eigenvalue weighted by atomic mass is 9.76. The lowest BCUT2D eigenvalue weighted by molar-refractivity contribution is 0.355. The Kier molecular flexibility index (Phi) is 9.99. The maximum absolute atomic E-state index is 6.36. The van der Waals surface area contributed by atoms with Crippen LogP contribution in [0.1, 0.15) is 158 Å². The molecule has 0 fully saturated rings. The van der Waals surface area contributed by atoms with E-state index < -0.39 is 0 Å². The minimum atomic E-state index is -0.317. The van der Waals surface area contributed by atoms with Gasteiger partial charge in [0.25, 0.3) is 0 Å². The molecule has 5 rings (SSSR count). The van der Waals surface area contributed by atoms with Crippen LogP contribution in [-0.4, -0.2) is 49.2 Å². The van der Waals surface area contributed by atoms with Crippen molar-refractivity contribution >= 4 is 43.9 Å². The van der Waals surface area contributed by atoms with Gasteiger partial charge in [0.05, 0.1) is 34.1 Å². The fraction of sp³-hybridized carbons (Fsp3) is 0.650. The molecule has 5 aromatic heterocycles. The van der Waals surface area contributed by atoms with Crippen molar-refractivity contribution in [2.24, 2.45) is 7.05 Å². The quantitative estimate of drug-likeness (QED) is 0.156. The number of hydrogen-bond acceptors (Lipinski definition) is 9. The van der Waals surface area contributed by atoms with Gasteiger partial charge in [-0.15, -0.1) is 0 Å². The van der Waals surface area contributed by atoms with Gasteiger partial charge in [0.2, 0.25) is 0 Å². The van der Waals surface area contributed by atoms with Gasteiger partial charge in [0, 0.05) is 46.1 Å². The third-order valence-electron chi connectivity index (χ3n) is 10.1. The van der Waals surface area contributed by atoms with Gasteiger partial charge in [-0.1, -0.05) is 104 Å². The van der Waals surface area contributed by atoms with Crippen LogP contribution >= 0.6 is 15.9 Å². The van der Waals surface area contributed by atoms with Gasteiger partial charge in [0.1, 0.15) is 39.8 Å². The highest BCUT2D eigenvalue weighted by Gasteiger charge is 2.36. The molecule has 0 saturated heterocycles. The zero-order valence-corrected chi connectivity index (χ0v) is 36.0. The Labute approximate surface area is 318 Å². The molecule has 282 valence electrons. The van der Waals surface area contributed by atoms with E-state index in [4.69, 9.17) is 40.7 Å². The predicted octanol–water partition coefficient (Wildman–Crippen LogP) is 8.93. The molecule has 0 radical (unpaired) electrons. The van der Waals surface area contributed by atoms with Crippen LogP contribution in [0.25, 0.3) is 22.2 Å². The molecule has 52 heavy (non-hydrogen) atoms. The predicted molar refractivity (Wildman–Crippen MR) is 215 cm³/mol. The Morgan fingerprint density at radius 1 is 0.596 bits per heavy atom. The lowest BCUT2D eigenvalue weighted by Crippen LogP contribution is -2.29. The molecule has 0 aliphatic rings. The van der Waals surface area contributed by atoms with Crippen molar-refractivity contribution in [2.45, 2.75) is 162 Å². The standard InChI is InChI=1S/C40H60BrN11/c1-35(2,3)28-25-23(21-52(50-25)20-19-39(12,13)27-24(41)30(42)48-32(45-27)36(4,5)6)44-34(46-28)40(14,15)18-17-38(10,11)29-26-31(51(16)22-43-26)49-33(47-29)37(7,8)9/h21-22H,17-20H2,1-16H3,(H2,42,45,48). The summed E-state index contributed by atoms with van der Waals surface area (Å²) in [6.45, 7) is 33.5. The van der Waals surface area contributed by atoms with Gasteiger partial charge in [-0.25, -0.2) is 34.9 Å². The maximum Gasteiger partial charge on any atom is 0.163 e. The number of aryl methyl sites for hydroxylation is 2. The minimum Gasteiger partial charge on any atom is -0.383 e. The van der Waals surface area contributed by atoms with Gasteiger partial charge < -0.3 is 10.3 Å². The van der Waals surface area contributed by atoms with E-state index in [9.17, 15) is 0 Å². The summed E-state index contributed by atoms with van der Waals surface area (Å²) < 4.78 is 4.76. The van der Waals surface area contributed by atoms with E-state index in [-0.39, 0.29) is 32.5 Å². The molecule has 12 heteroatoms. The van der Waals surface area contributed by atoms with Gasteiger partial charge in [-0.3, -0.25) is 4.68 Å². The molecule has 5 heterocycles. The van der Waals surface area contributed by atoms with E-state index in [1.54, 1.807) is 0 Å². The van der Waals surface area contributed by atoms with Crippen molar-refractivity contribution in [1.29, 1.82) is 0 Å². The van der Waals surface area contributed by atoms with Crippen molar-refractivity contribution in [3.63, 3.8) is 0 Å². The van der Waals surface area contributed by atoms with Crippen LogP contribution in [0.2, 0.25) is 0 Å². The number of nitrogens with two attached hydrogens (primary N) is 1. The van der Waals surface area contributed by atoms with Crippen molar-refractivity contribution in [3.8, 4) is 0 Å². The second-order valence-corrected chi connectivity index (χ2v) is 20.5. The average Bonchev–Trinajstić information content (AvgIpc) is 3.61. The molecule has 2 N–H and O–H groups in total. The smallest absolute Gasteiger partial charge is 0.163 e. The van der Waals surface area contributed by atoms with E-state index in [1.807, 2.05) is 22.6 Å². The second-order valence-electron chi connectivity index (χ2n) is 19.7. The third kappa shape index (κ3) is 7.87. The first-order chi connectivity index (χ1) is 23.6. The topological polar surface area (TPSA) is 139 Å². The zero-order valence-electron chi connectivity index (χ0n) is 34.4. The molecule has 0 bridgehead atoms. The van der Waals surface area contributed by atoms with E-state index >= 15 is 0 Å². The molecule has 0 aliphatic carbocycles. The molecule has 0 aromatic carbocycles. The first-order valence-corrected chi connectivity index (χ1v) is 19.2. The number of nitrogen functional groups attached to an aromatic ring is 1. The van der Waals surface area contributed by atoms with E-state index in [0.717, 1.165) is 80.5 Å². The summed E-state index contributed by atoms with van der Waals surface area (Å²) >= 11 is 3.69. The number of hydrogen-bond donors (Lipinski definition) is 1. The van der Waals surface area contributed by atoms with E-state index in [1.165, 1.54) is 0 Å². The number of anilines is 1. The highest BCUT2D eigenvalue weighted by atomic mass is 79.9. The van der Waals surface area contributed by atoms with E-state index in [0.29, 0.717) is 12.4 Å². The first kappa shape index (κ1) is 39.7. The molecule has 11 nitrogen and oxygen atoms in total. The normalized spacial score (nSPS) is 13.9.